The molecule has 7 nitrogen and oxygen atoms in total. The molecular weight excluding hydrogens is 561 g/mol. The van der Waals surface area contributed by atoms with Crippen molar-refractivity contribution in [2.24, 2.45) is 0 Å². The van der Waals surface area contributed by atoms with Crippen LogP contribution in [-0.4, -0.2) is 60.0 Å². The molecule has 14 heteroatoms. The average molecular weight is 589 g/mol. The summed E-state index contributed by atoms with van der Waals surface area (Å²) in [5.41, 5.74) is -5.40. The molecule has 3 rings (SSSR count). The van der Waals surface area contributed by atoms with Crippen LogP contribution in [0.25, 0.3) is 0 Å². The first-order valence-electron chi connectivity index (χ1n) is 12.1. The molecule has 0 unspecified atom stereocenters. The fourth-order valence-corrected chi connectivity index (χ4v) is 3.52. The van der Waals surface area contributed by atoms with Gasteiger partial charge >= 0.3 is 18.4 Å². The molecule has 0 saturated carbocycles. The van der Waals surface area contributed by atoms with Crippen molar-refractivity contribution in [2.45, 2.75) is 31.7 Å². The number of halogens is 7. The van der Waals surface area contributed by atoms with Crippen molar-refractivity contribution in [2.75, 3.05) is 34.3 Å². The van der Waals surface area contributed by atoms with Gasteiger partial charge in [-0.1, -0.05) is 0 Å². The third-order valence-corrected chi connectivity index (χ3v) is 6.20. The van der Waals surface area contributed by atoms with Crippen molar-refractivity contribution in [1.82, 2.24) is 19.8 Å². The fraction of sp³-hybridized carbons (Fsp3) is 0.370. The lowest BCUT2D eigenvalue weighted by Crippen LogP contribution is -2.43. The molecule has 1 heterocycles. The summed E-state index contributed by atoms with van der Waals surface area (Å²) in [6.07, 6.45) is -9.07. The van der Waals surface area contributed by atoms with Crippen LogP contribution in [0.4, 0.5) is 30.7 Å². The molecule has 0 aliphatic carbocycles. The Labute approximate surface area is 231 Å². The number of ether oxygens (including phenoxy) is 2. The van der Waals surface area contributed by atoms with Crippen LogP contribution in [0.2, 0.25) is 0 Å². The van der Waals surface area contributed by atoms with Crippen LogP contribution in [0.1, 0.15) is 40.9 Å². The number of carbonyl (C=O) groups excluding carboxylic acids is 1. The lowest BCUT2D eigenvalue weighted by Gasteiger charge is -2.37. The summed E-state index contributed by atoms with van der Waals surface area (Å²) >= 11 is 0. The quantitative estimate of drug-likeness (QED) is 0.270. The maximum Gasteiger partial charge on any atom is 0.416 e. The van der Waals surface area contributed by atoms with Gasteiger partial charge in [0, 0.05) is 13.6 Å². The van der Waals surface area contributed by atoms with Gasteiger partial charge in [-0.15, -0.1) is 0 Å². The van der Waals surface area contributed by atoms with Gasteiger partial charge in [0.15, 0.2) is 0 Å². The van der Waals surface area contributed by atoms with Gasteiger partial charge in [0.25, 0.3) is 5.91 Å². The van der Waals surface area contributed by atoms with E-state index in [1.165, 1.54) is 33.0 Å². The Bertz CT molecular complexity index is 1340. The van der Waals surface area contributed by atoms with E-state index in [1.807, 2.05) is 19.0 Å². The third-order valence-electron chi connectivity index (χ3n) is 6.20. The first-order valence-corrected chi connectivity index (χ1v) is 12.1. The number of likely N-dealkylation sites (N-methyl/N-ethyl adjacent to an activating group) is 1. The Balaban J connectivity index is 2.04. The summed E-state index contributed by atoms with van der Waals surface area (Å²) in [5, 5.41) is 0. The van der Waals surface area contributed by atoms with Gasteiger partial charge in [0.2, 0.25) is 5.88 Å². The van der Waals surface area contributed by atoms with E-state index in [9.17, 15) is 35.5 Å². The van der Waals surface area contributed by atoms with E-state index in [2.05, 4.69) is 9.97 Å². The molecule has 0 saturated heterocycles. The highest BCUT2D eigenvalue weighted by molar-refractivity contribution is 5.96. The number of benzene rings is 2. The largest absolute Gasteiger partial charge is 0.462 e. The van der Waals surface area contributed by atoms with Gasteiger partial charge in [-0.25, -0.2) is 9.37 Å². The van der Waals surface area contributed by atoms with Crippen LogP contribution < -0.4 is 9.47 Å². The van der Waals surface area contributed by atoms with Gasteiger partial charge in [-0.2, -0.15) is 31.3 Å². The zero-order chi connectivity index (χ0) is 30.8. The molecule has 2 aromatic carbocycles. The van der Waals surface area contributed by atoms with Gasteiger partial charge in [-0.05, 0) is 76.0 Å². The van der Waals surface area contributed by atoms with Crippen molar-refractivity contribution in [1.29, 1.82) is 0 Å². The lowest BCUT2D eigenvalue weighted by molar-refractivity contribution is -0.143. The highest BCUT2D eigenvalue weighted by atomic mass is 19.4. The lowest BCUT2D eigenvalue weighted by atomic mass is 9.89. The number of amides is 1. The van der Waals surface area contributed by atoms with Crippen molar-refractivity contribution in [3.8, 4) is 17.6 Å². The predicted molar refractivity (Wildman–Crippen MR) is 134 cm³/mol. The SMILES string of the molecule is CN(C)CCOc1ncc(C(=O)N(C)C(C)(C)c2cc(C(F)(F)F)cc(C(F)(F)F)c2)c(Oc2ccc(F)cc2)n1. The molecule has 1 amide bonds. The Morgan fingerprint density at radius 2 is 1.41 bits per heavy atom. The molecule has 41 heavy (non-hydrogen) atoms. The van der Waals surface area contributed by atoms with E-state index in [0.29, 0.717) is 18.7 Å². The van der Waals surface area contributed by atoms with Crippen molar-refractivity contribution >= 4 is 5.91 Å². The number of carbonyl (C=O) groups is 1. The second kappa shape index (κ2) is 11.9. The molecule has 3 aromatic rings. The summed E-state index contributed by atoms with van der Waals surface area (Å²) in [6, 6.07) is 5.73. The molecule has 0 aliphatic rings. The third kappa shape index (κ3) is 7.84. The number of hydrogen-bond acceptors (Lipinski definition) is 6. The molecule has 0 radical (unpaired) electrons. The smallest absolute Gasteiger partial charge is 0.416 e. The summed E-state index contributed by atoms with van der Waals surface area (Å²) in [6.45, 7) is 3.27. The minimum atomic E-state index is -5.07. The number of rotatable bonds is 9. The Hall–Kier alpha value is -3.94. The van der Waals surface area contributed by atoms with Gasteiger partial charge in [0.1, 0.15) is 23.7 Å². The molecule has 0 atom stereocenters. The Kier molecular flexibility index (Phi) is 9.16. The second-order valence-corrected chi connectivity index (χ2v) is 9.80. The summed E-state index contributed by atoms with van der Waals surface area (Å²) in [5.74, 6) is -1.66. The zero-order valence-corrected chi connectivity index (χ0v) is 22.7. The minimum absolute atomic E-state index is 0.0128. The molecule has 222 valence electrons. The van der Waals surface area contributed by atoms with Crippen LogP contribution in [0.3, 0.4) is 0 Å². The Morgan fingerprint density at radius 3 is 1.93 bits per heavy atom. The molecular formula is C27H27F7N4O3. The number of hydrogen-bond donors (Lipinski definition) is 0. The topological polar surface area (TPSA) is 67.8 Å². The first-order chi connectivity index (χ1) is 18.9. The predicted octanol–water partition coefficient (Wildman–Crippen LogP) is 6.39. The monoisotopic (exact) mass is 588 g/mol. The van der Waals surface area contributed by atoms with E-state index in [4.69, 9.17) is 9.47 Å². The fourth-order valence-electron chi connectivity index (χ4n) is 3.52. The molecule has 0 aliphatic heterocycles. The van der Waals surface area contributed by atoms with Gasteiger partial charge in [-0.3, -0.25) is 4.79 Å². The van der Waals surface area contributed by atoms with Gasteiger partial charge in [0.05, 0.1) is 22.9 Å². The van der Waals surface area contributed by atoms with Crippen LogP contribution in [-0.2, 0) is 17.9 Å². The van der Waals surface area contributed by atoms with E-state index >= 15 is 0 Å². The van der Waals surface area contributed by atoms with Crippen LogP contribution in [0, 0.1) is 5.82 Å². The van der Waals surface area contributed by atoms with Crippen molar-refractivity contribution in [3.63, 3.8) is 0 Å². The number of alkyl halides is 6. The normalized spacial score (nSPS) is 12.4. The number of nitrogens with zero attached hydrogens (tertiary/aromatic N) is 4. The highest BCUT2D eigenvalue weighted by Crippen LogP contribution is 2.40. The van der Waals surface area contributed by atoms with Crippen molar-refractivity contribution in [3.05, 3.63) is 76.7 Å². The standard InChI is InChI=1S/C27H27F7N4O3/c1-25(2,16-12-17(26(29,30)31)14-18(13-16)27(32,33)34)38(5)23(39)21-15-35-24(40-11-10-37(3)4)36-22(21)41-20-8-6-19(28)7-9-20/h6-9,12-15H,10-11H2,1-5H3. The summed E-state index contributed by atoms with van der Waals surface area (Å²) in [4.78, 5) is 24.5. The molecule has 0 spiro atoms. The van der Waals surface area contributed by atoms with E-state index < -0.39 is 46.3 Å². The minimum Gasteiger partial charge on any atom is -0.462 e. The molecule has 0 fully saturated rings. The first kappa shape index (κ1) is 31.6. The maximum atomic E-state index is 13.6. The average Bonchev–Trinajstić information content (AvgIpc) is 2.88. The molecule has 1 aromatic heterocycles. The van der Waals surface area contributed by atoms with Crippen LogP contribution in [0.15, 0.2) is 48.7 Å². The summed E-state index contributed by atoms with van der Waals surface area (Å²) < 4.78 is 106. The summed E-state index contributed by atoms with van der Waals surface area (Å²) in [7, 11) is 4.84. The van der Waals surface area contributed by atoms with E-state index in [1.54, 1.807) is 0 Å². The number of aromatic nitrogens is 2. The maximum absolute atomic E-state index is 13.6. The second-order valence-electron chi connectivity index (χ2n) is 9.80. The van der Waals surface area contributed by atoms with Crippen LogP contribution in [0.5, 0.6) is 17.6 Å². The molecule has 0 bridgehead atoms. The Morgan fingerprint density at radius 1 is 0.878 bits per heavy atom. The van der Waals surface area contributed by atoms with Crippen LogP contribution >= 0.6 is 0 Å². The zero-order valence-electron chi connectivity index (χ0n) is 22.7. The van der Waals surface area contributed by atoms with E-state index in [-0.39, 0.29) is 35.9 Å². The van der Waals surface area contributed by atoms with Gasteiger partial charge < -0.3 is 19.3 Å². The van der Waals surface area contributed by atoms with Crippen molar-refractivity contribution < 1.29 is 45.0 Å². The highest BCUT2D eigenvalue weighted by Gasteiger charge is 2.40. The van der Waals surface area contributed by atoms with E-state index in [0.717, 1.165) is 23.2 Å². The molecule has 0 N–H and O–H groups in total.